The van der Waals surface area contributed by atoms with Crippen molar-refractivity contribution in [2.45, 2.75) is 30.7 Å². The third kappa shape index (κ3) is 1.58. The van der Waals surface area contributed by atoms with Crippen molar-refractivity contribution in [3.05, 3.63) is 0 Å². The van der Waals surface area contributed by atoms with Gasteiger partial charge in [-0.15, -0.1) is 0 Å². The maximum absolute atomic E-state index is 9.12. The van der Waals surface area contributed by atoms with Crippen LogP contribution >= 0.6 is 0 Å². The highest BCUT2D eigenvalue weighted by molar-refractivity contribution is 4.87. The van der Waals surface area contributed by atoms with Gasteiger partial charge in [-0.3, -0.25) is 0 Å². The molecular formula is C6H12O6. The van der Waals surface area contributed by atoms with E-state index in [1.54, 1.807) is 0 Å². The van der Waals surface area contributed by atoms with Gasteiger partial charge in [-0.1, -0.05) is 0 Å². The SMILES string of the molecule is OC[C@H]1OC(O)[C@H](O)[C@@H](O)[13C@H]1O. The van der Waals surface area contributed by atoms with Crippen molar-refractivity contribution in [1.82, 2.24) is 0 Å². The molecule has 1 saturated heterocycles. The minimum Gasteiger partial charge on any atom is -0.394 e. The van der Waals surface area contributed by atoms with Crippen molar-refractivity contribution < 1.29 is 30.3 Å². The van der Waals surface area contributed by atoms with Crippen LogP contribution < -0.4 is 0 Å². The van der Waals surface area contributed by atoms with Gasteiger partial charge in [0.1, 0.15) is 24.4 Å². The Hall–Kier alpha value is -0.240. The average Bonchev–Trinajstić information content (AvgIpc) is 2.08. The summed E-state index contributed by atoms with van der Waals surface area (Å²) in [6.45, 7) is -0.526. The lowest BCUT2D eigenvalue weighted by molar-refractivity contribution is -0.286. The van der Waals surface area contributed by atoms with Crippen LogP contribution in [0.1, 0.15) is 0 Å². The first-order valence-corrected chi connectivity index (χ1v) is 3.56. The number of hydrogen-bond acceptors (Lipinski definition) is 6. The van der Waals surface area contributed by atoms with Gasteiger partial charge in [0.25, 0.3) is 0 Å². The van der Waals surface area contributed by atoms with Gasteiger partial charge in [0.15, 0.2) is 6.29 Å². The summed E-state index contributed by atoms with van der Waals surface area (Å²) in [6, 6.07) is 0. The van der Waals surface area contributed by atoms with Crippen molar-refractivity contribution >= 4 is 0 Å². The van der Waals surface area contributed by atoms with Gasteiger partial charge in [-0.05, 0) is 0 Å². The van der Waals surface area contributed by atoms with Crippen LogP contribution in [0.25, 0.3) is 0 Å². The largest absolute Gasteiger partial charge is 0.394 e. The highest BCUT2D eigenvalue weighted by Crippen LogP contribution is 2.18. The zero-order chi connectivity index (χ0) is 9.30. The molecule has 1 heterocycles. The predicted molar refractivity (Wildman–Crippen MR) is 36.0 cm³/mol. The first-order valence-electron chi connectivity index (χ1n) is 3.56. The monoisotopic (exact) mass is 181 g/mol. The summed E-state index contributed by atoms with van der Waals surface area (Å²) in [4.78, 5) is 0. The van der Waals surface area contributed by atoms with Crippen LogP contribution in [0.15, 0.2) is 0 Å². The number of aliphatic hydroxyl groups is 5. The second-order valence-electron chi connectivity index (χ2n) is 2.72. The van der Waals surface area contributed by atoms with Crippen molar-refractivity contribution in [3.8, 4) is 0 Å². The third-order valence-electron chi connectivity index (χ3n) is 1.87. The van der Waals surface area contributed by atoms with Crippen molar-refractivity contribution in [1.29, 1.82) is 0 Å². The Balaban J connectivity index is 2.63. The summed E-state index contributed by atoms with van der Waals surface area (Å²) < 4.78 is 4.58. The molecular weight excluding hydrogens is 169 g/mol. The molecule has 5 N–H and O–H groups in total. The summed E-state index contributed by atoms with van der Waals surface area (Å²) in [7, 11) is 0. The minimum atomic E-state index is -1.57. The molecule has 12 heavy (non-hydrogen) atoms. The van der Waals surface area contributed by atoms with Gasteiger partial charge in [-0.2, -0.15) is 0 Å². The van der Waals surface area contributed by atoms with E-state index in [0.29, 0.717) is 0 Å². The van der Waals surface area contributed by atoms with E-state index in [-0.39, 0.29) is 0 Å². The molecule has 0 amide bonds. The van der Waals surface area contributed by atoms with Gasteiger partial charge in [0, 0.05) is 0 Å². The highest BCUT2D eigenvalue weighted by atomic mass is 16.7. The van der Waals surface area contributed by atoms with Crippen molar-refractivity contribution in [2.24, 2.45) is 0 Å². The van der Waals surface area contributed by atoms with E-state index in [2.05, 4.69) is 4.74 Å². The van der Waals surface area contributed by atoms with Gasteiger partial charge in [0.05, 0.1) is 6.61 Å². The van der Waals surface area contributed by atoms with E-state index in [4.69, 9.17) is 25.5 Å². The quantitative estimate of drug-likeness (QED) is 0.272. The summed E-state index contributed by atoms with van der Waals surface area (Å²) >= 11 is 0. The van der Waals surface area contributed by atoms with Crippen LogP contribution in [-0.4, -0.2) is 62.8 Å². The molecule has 0 aromatic heterocycles. The zero-order valence-electron chi connectivity index (χ0n) is 6.24. The standard InChI is InChI=1S/C6H12O6/c7-1-2-3(8)4(9)5(10)6(11)12-2/h2-11H,1H2/t2-,3+,4+,5-,6?/m1/s1/i3+1. The molecule has 0 spiro atoms. The molecule has 0 radical (unpaired) electrons. The first kappa shape index (κ1) is 9.85. The Morgan fingerprint density at radius 2 is 1.50 bits per heavy atom. The maximum atomic E-state index is 9.12. The van der Waals surface area contributed by atoms with E-state index in [1.807, 2.05) is 0 Å². The molecule has 1 unspecified atom stereocenters. The summed E-state index contributed by atoms with van der Waals surface area (Å²) in [5.41, 5.74) is 0. The van der Waals surface area contributed by atoms with E-state index < -0.39 is 37.3 Å². The third-order valence-corrected chi connectivity index (χ3v) is 1.87. The highest BCUT2D eigenvalue weighted by Gasteiger charge is 2.42. The zero-order valence-corrected chi connectivity index (χ0v) is 6.24. The van der Waals surface area contributed by atoms with E-state index in [9.17, 15) is 0 Å². The molecule has 6 nitrogen and oxygen atoms in total. The van der Waals surface area contributed by atoms with Crippen LogP contribution in [0.5, 0.6) is 0 Å². The summed E-state index contributed by atoms with van der Waals surface area (Å²) in [5.74, 6) is 0. The molecule has 1 fully saturated rings. The molecule has 0 saturated carbocycles. The van der Waals surface area contributed by atoms with E-state index in [1.165, 1.54) is 0 Å². The second kappa shape index (κ2) is 3.65. The number of rotatable bonds is 1. The number of ether oxygens (including phenoxy) is 1. The predicted octanol–water partition coefficient (Wildman–Crippen LogP) is -3.22. The smallest absolute Gasteiger partial charge is 0.184 e. The fourth-order valence-corrected chi connectivity index (χ4v) is 1.08. The minimum absolute atomic E-state index is 0.526. The molecule has 0 aliphatic carbocycles. The second-order valence-corrected chi connectivity index (χ2v) is 2.72. The van der Waals surface area contributed by atoms with Crippen LogP contribution in [0.4, 0.5) is 0 Å². The lowest BCUT2D eigenvalue weighted by atomic mass is 10.2. The van der Waals surface area contributed by atoms with Crippen LogP contribution in [0, 0.1) is 0 Å². The van der Waals surface area contributed by atoms with E-state index in [0.717, 1.165) is 0 Å². The fraction of sp³-hybridized carbons (Fsp3) is 1.00. The number of hydrogen-bond donors (Lipinski definition) is 5. The first-order chi connectivity index (χ1) is 5.57. The molecule has 1 rings (SSSR count). The van der Waals surface area contributed by atoms with Gasteiger partial charge in [0.2, 0.25) is 0 Å². The Kier molecular flexibility index (Phi) is 2.99. The van der Waals surface area contributed by atoms with Crippen molar-refractivity contribution in [3.63, 3.8) is 0 Å². The topological polar surface area (TPSA) is 110 Å². The molecule has 6 heteroatoms. The lowest BCUT2D eigenvalue weighted by Crippen LogP contribution is -2.58. The number of aliphatic hydroxyl groups excluding tert-OH is 5. The fourth-order valence-electron chi connectivity index (χ4n) is 1.08. The summed E-state index contributed by atoms with van der Waals surface area (Å²) in [5, 5.41) is 44.7. The van der Waals surface area contributed by atoms with Crippen LogP contribution in [0.2, 0.25) is 0 Å². The van der Waals surface area contributed by atoms with Gasteiger partial charge in [-0.25, -0.2) is 0 Å². The normalized spacial score (nSPS) is 49.2. The van der Waals surface area contributed by atoms with Crippen LogP contribution in [-0.2, 0) is 4.74 Å². The molecule has 72 valence electrons. The Labute approximate surface area is 68.6 Å². The molecule has 0 aromatic rings. The van der Waals surface area contributed by atoms with Gasteiger partial charge < -0.3 is 30.3 Å². The molecule has 5 atom stereocenters. The van der Waals surface area contributed by atoms with E-state index >= 15 is 0 Å². The Bertz CT molecular complexity index is 146. The molecule has 0 aromatic carbocycles. The Morgan fingerprint density at radius 1 is 0.917 bits per heavy atom. The average molecular weight is 181 g/mol. The molecule has 0 bridgehead atoms. The lowest BCUT2D eigenvalue weighted by Gasteiger charge is -2.37. The van der Waals surface area contributed by atoms with Crippen LogP contribution in [0.3, 0.4) is 0 Å². The Morgan fingerprint density at radius 3 is 2.00 bits per heavy atom. The maximum Gasteiger partial charge on any atom is 0.184 e. The molecule has 1 aliphatic rings. The van der Waals surface area contributed by atoms with Gasteiger partial charge >= 0.3 is 0 Å². The summed E-state index contributed by atoms with van der Waals surface area (Å²) in [6.07, 6.45) is -7.04. The molecule has 1 aliphatic heterocycles. The van der Waals surface area contributed by atoms with Crippen molar-refractivity contribution in [2.75, 3.05) is 6.61 Å².